The predicted octanol–water partition coefficient (Wildman–Crippen LogP) is 3.48. The Morgan fingerprint density at radius 1 is 1.00 bits per heavy atom. The first-order valence-corrected chi connectivity index (χ1v) is 6.64. The van der Waals surface area contributed by atoms with Crippen molar-refractivity contribution in [3.05, 3.63) is 33.4 Å². The first kappa shape index (κ1) is 15.7. The van der Waals surface area contributed by atoms with Gasteiger partial charge < -0.3 is 0 Å². The van der Waals surface area contributed by atoms with Crippen LogP contribution in [0.1, 0.15) is 57.9 Å². The van der Waals surface area contributed by atoms with Crippen molar-refractivity contribution in [2.24, 2.45) is 0 Å². The molecule has 2 N–H and O–H groups in total. The molecule has 0 saturated heterocycles. The Bertz CT molecular complexity index is 493. The van der Waals surface area contributed by atoms with E-state index in [1.807, 2.05) is 27.7 Å². The molecule has 0 fully saturated rings. The number of carbonyl (C=O) groups excluding carboxylic acids is 1. The quantitative estimate of drug-likeness (QED) is 0.647. The highest BCUT2D eigenvalue weighted by Crippen LogP contribution is 2.28. The van der Waals surface area contributed by atoms with E-state index in [1.54, 1.807) is 0 Å². The molecule has 1 amide bonds. The summed E-state index contributed by atoms with van der Waals surface area (Å²) in [4.78, 5) is 12.0. The van der Waals surface area contributed by atoms with E-state index in [-0.39, 0.29) is 5.23 Å². The molecular formula is C15H23NO3. The summed E-state index contributed by atoms with van der Waals surface area (Å²) in [6.45, 7) is 9.93. The van der Waals surface area contributed by atoms with Crippen LogP contribution in [0, 0.1) is 27.7 Å². The highest BCUT2D eigenvalue weighted by molar-refractivity contribution is 5.96. The number of hydroxylamine groups is 2. The maximum absolute atomic E-state index is 12.0. The molecule has 0 radical (unpaired) electrons. The summed E-state index contributed by atoms with van der Waals surface area (Å²) in [6, 6.07) is 0. The van der Waals surface area contributed by atoms with Crippen LogP contribution in [-0.4, -0.2) is 21.5 Å². The zero-order valence-corrected chi connectivity index (χ0v) is 12.4. The summed E-state index contributed by atoms with van der Waals surface area (Å²) in [5, 5.41) is 17.8. The number of hydrogen-bond acceptors (Lipinski definition) is 3. The van der Waals surface area contributed by atoms with Gasteiger partial charge >= 0.3 is 5.91 Å². The van der Waals surface area contributed by atoms with Crippen LogP contribution in [0.3, 0.4) is 0 Å². The molecule has 0 atom stereocenters. The van der Waals surface area contributed by atoms with Crippen molar-refractivity contribution in [1.82, 2.24) is 5.23 Å². The van der Waals surface area contributed by atoms with Crippen molar-refractivity contribution < 1.29 is 15.2 Å². The van der Waals surface area contributed by atoms with Crippen LogP contribution in [0.5, 0.6) is 0 Å². The normalized spacial score (nSPS) is 10.7. The van der Waals surface area contributed by atoms with Crippen molar-refractivity contribution in [3.8, 4) is 0 Å². The molecule has 0 aliphatic carbocycles. The lowest BCUT2D eigenvalue weighted by Gasteiger charge is -2.21. The predicted molar refractivity (Wildman–Crippen MR) is 73.7 cm³/mol. The van der Waals surface area contributed by atoms with Gasteiger partial charge in [-0.1, -0.05) is 18.6 Å². The highest BCUT2D eigenvalue weighted by atomic mass is 16.8. The molecular weight excluding hydrogens is 242 g/mol. The number of hydrogen-bond donors (Lipinski definition) is 2. The Morgan fingerprint density at radius 2 is 1.53 bits per heavy atom. The SMILES string of the molecule is CCCCc1c(C)c(C)c(C)c(C)c1C(=O)N(O)O. The Hall–Kier alpha value is -1.39. The van der Waals surface area contributed by atoms with E-state index in [1.165, 1.54) is 5.56 Å². The summed E-state index contributed by atoms with van der Waals surface area (Å²) >= 11 is 0. The van der Waals surface area contributed by atoms with Gasteiger partial charge in [-0.05, 0) is 68.4 Å². The lowest BCUT2D eigenvalue weighted by Crippen LogP contribution is -2.26. The topological polar surface area (TPSA) is 60.8 Å². The van der Waals surface area contributed by atoms with Gasteiger partial charge in [-0.15, -0.1) is 0 Å². The molecule has 4 nitrogen and oxygen atoms in total. The highest BCUT2D eigenvalue weighted by Gasteiger charge is 2.23. The number of carbonyl (C=O) groups is 1. The van der Waals surface area contributed by atoms with Gasteiger partial charge in [0.15, 0.2) is 0 Å². The molecule has 0 aromatic heterocycles. The largest absolute Gasteiger partial charge is 0.304 e. The van der Waals surface area contributed by atoms with Crippen LogP contribution in [-0.2, 0) is 6.42 Å². The standard InChI is InChI=1S/C15H23NO3/c1-6-7-8-13-11(4)9(2)10(3)12(5)14(13)15(17)16(18)19/h18-19H,6-8H2,1-5H3. The van der Waals surface area contributed by atoms with Crippen LogP contribution in [0.25, 0.3) is 0 Å². The summed E-state index contributed by atoms with van der Waals surface area (Å²) in [6.07, 6.45) is 2.78. The number of nitrogens with zero attached hydrogens (tertiary/aromatic N) is 1. The maximum atomic E-state index is 12.0. The third kappa shape index (κ3) is 2.96. The van der Waals surface area contributed by atoms with E-state index in [2.05, 4.69) is 6.92 Å². The fourth-order valence-electron chi connectivity index (χ4n) is 2.45. The van der Waals surface area contributed by atoms with E-state index in [0.717, 1.165) is 41.5 Å². The molecule has 0 heterocycles. The molecule has 0 bridgehead atoms. The minimum atomic E-state index is -0.755. The van der Waals surface area contributed by atoms with Crippen LogP contribution in [0.2, 0.25) is 0 Å². The third-order valence-electron chi connectivity index (χ3n) is 3.99. The number of unbranched alkanes of at least 4 members (excludes halogenated alkanes) is 1. The summed E-state index contributed by atoms with van der Waals surface area (Å²) in [5.74, 6) is -0.755. The van der Waals surface area contributed by atoms with Crippen LogP contribution < -0.4 is 0 Å². The molecule has 0 aliphatic rings. The van der Waals surface area contributed by atoms with Crippen LogP contribution in [0.4, 0.5) is 0 Å². The van der Waals surface area contributed by atoms with Gasteiger partial charge in [0.1, 0.15) is 0 Å². The van der Waals surface area contributed by atoms with Gasteiger partial charge in [0, 0.05) is 0 Å². The van der Waals surface area contributed by atoms with Gasteiger partial charge in [0.05, 0.1) is 5.56 Å². The van der Waals surface area contributed by atoms with E-state index in [9.17, 15) is 4.79 Å². The molecule has 0 unspecified atom stereocenters. The van der Waals surface area contributed by atoms with E-state index in [0.29, 0.717) is 5.56 Å². The van der Waals surface area contributed by atoms with Crippen molar-refractivity contribution in [2.45, 2.75) is 53.9 Å². The van der Waals surface area contributed by atoms with Crippen molar-refractivity contribution >= 4 is 5.91 Å². The minimum absolute atomic E-state index is 0.313. The van der Waals surface area contributed by atoms with Gasteiger partial charge in [-0.25, -0.2) is 0 Å². The molecule has 1 rings (SSSR count). The Labute approximate surface area is 114 Å². The summed E-state index contributed by atoms with van der Waals surface area (Å²) in [5.41, 5.74) is 5.46. The molecule has 19 heavy (non-hydrogen) atoms. The van der Waals surface area contributed by atoms with Gasteiger partial charge in [-0.3, -0.25) is 15.2 Å². The Morgan fingerprint density at radius 3 is 2.00 bits per heavy atom. The Kier molecular flexibility index (Phi) is 5.09. The maximum Gasteiger partial charge on any atom is 0.304 e. The Balaban J connectivity index is 3.52. The first-order valence-electron chi connectivity index (χ1n) is 6.64. The molecule has 1 aromatic rings. The average molecular weight is 265 g/mol. The molecule has 0 saturated carbocycles. The fourth-order valence-corrected chi connectivity index (χ4v) is 2.45. The second-order valence-electron chi connectivity index (χ2n) is 5.05. The van der Waals surface area contributed by atoms with Crippen LogP contribution in [0.15, 0.2) is 0 Å². The second-order valence-corrected chi connectivity index (χ2v) is 5.05. The molecule has 1 aromatic carbocycles. The summed E-state index contributed by atoms with van der Waals surface area (Å²) in [7, 11) is 0. The van der Waals surface area contributed by atoms with Crippen molar-refractivity contribution in [3.63, 3.8) is 0 Å². The fraction of sp³-hybridized carbons (Fsp3) is 0.533. The van der Waals surface area contributed by atoms with Crippen molar-refractivity contribution in [2.75, 3.05) is 0 Å². The number of benzene rings is 1. The van der Waals surface area contributed by atoms with Gasteiger partial charge in [0.2, 0.25) is 0 Å². The number of amides is 1. The molecule has 106 valence electrons. The minimum Gasteiger partial charge on any atom is -0.264 e. The van der Waals surface area contributed by atoms with Gasteiger partial charge in [0.25, 0.3) is 0 Å². The van der Waals surface area contributed by atoms with E-state index in [4.69, 9.17) is 10.4 Å². The van der Waals surface area contributed by atoms with E-state index >= 15 is 0 Å². The third-order valence-corrected chi connectivity index (χ3v) is 3.99. The monoisotopic (exact) mass is 265 g/mol. The van der Waals surface area contributed by atoms with Crippen molar-refractivity contribution in [1.29, 1.82) is 0 Å². The zero-order chi connectivity index (χ0) is 14.7. The second kappa shape index (κ2) is 6.17. The first-order chi connectivity index (χ1) is 8.82. The van der Waals surface area contributed by atoms with E-state index < -0.39 is 5.91 Å². The lowest BCUT2D eigenvalue weighted by atomic mass is 9.86. The lowest BCUT2D eigenvalue weighted by molar-refractivity contribution is -0.260. The molecule has 4 heteroatoms. The smallest absolute Gasteiger partial charge is 0.264 e. The van der Waals surface area contributed by atoms with Crippen LogP contribution >= 0.6 is 0 Å². The molecule has 0 aliphatic heterocycles. The average Bonchev–Trinajstić information content (AvgIpc) is 2.38. The van der Waals surface area contributed by atoms with Gasteiger partial charge in [-0.2, -0.15) is 0 Å². The summed E-state index contributed by atoms with van der Waals surface area (Å²) < 4.78 is 0. The zero-order valence-electron chi connectivity index (χ0n) is 12.4. The number of rotatable bonds is 4. The molecule has 0 spiro atoms.